The Bertz CT molecular complexity index is 823. The van der Waals surface area contributed by atoms with E-state index in [4.69, 9.17) is 0 Å². The number of halogens is 1. The Hall–Kier alpha value is -2.40. The molecule has 1 amide bonds. The van der Waals surface area contributed by atoms with E-state index in [0.29, 0.717) is 5.56 Å². The second-order valence-electron chi connectivity index (χ2n) is 4.47. The predicted molar refractivity (Wildman–Crippen MR) is 87.5 cm³/mol. The van der Waals surface area contributed by atoms with Gasteiger partial charge in [-0.3, -0.25) is 4.79 Å². The lowest BCUT2D eigenvalue weighted by molar-refractivity contribution is 0.0957. The Morgan fingerprint density at radius 2 is 1.90 bits per heavy atom. The molecule has 4 nitrogen and oxygen atoms in total. The van der Waals surface area contributed by atoms with Gasteiger partial charge < -0.3 is 4.98 Å². The Kier molecular flexibility index (Phi) is 3.83. The van der Waals surface area contributed by atoms with Gasteiger partial charge in [0.2, 0.25) is 0 Å². The first-order valence-corrected chi connectivity index (χ1v) is 7.19. The second kappa shape index (κ2) is 5.93. The van der Waals surface area contributed by atoms with Gasteiger partial charge in [-0.1, -0.05) is 52.3 Å². The summed E-state index contributed by atoms with van der Waals surface area (Å²) in [7, 11) is 0. The summed E-state index contributed by atoms with van der Waals surface area (Å²) in [6.45, 7) is 0. The molecule has 104 valence electrons. The smallest absolute Gasteiger partial charge is 0.273 e. The molecule has 0 fully saturated rings. The van der Waals surface area contributed by atoms with Crippen LogP contribution >= 0.6 is 15.9 Å². The van der Waals surface area contributed by atoms with Gasteiger partial charge in [0.15, 0.2) is 0 Å². The number of benzene rings is 2. The molecular formula is C16H12BrN3O. The number of aromatic amines is 1. The average molecular weight is 342 g/mol. The molecule has 2 N–H and O–H groups in total. The van der Waals surface area contributed by atoms with E-state index in [1.165, 1.54) is 0 Å². The van der Waals surface area contributed by atoms with Gasteiger partial charge in [0.25, 0.3) is 5.91 Å². The number of aromatic nitrogens is 1. The normalized spacial score (nSPS) is 11.1. The fourth-order valence-corrected chi connectivity index (χ4v) is 2.45. The fraction of sp³-hybridized carbons (Fsp3) is 0. The van der Waals surface area contributed by atoms with Crippen LogP contribution < -0.4 is 5.43 Å². The summed E-state index contributed by atoms with van der Waals surface area (Å²) in [5, 5.41) is 4.88. The van der Waals surface area contributed by atoms with Crippen molar-refractivity contribution in [2.75, 3.05) is 0 Å². The van der Waals surface area contributed by atoms with E-state index in [0.717, 1.165) is 20.9 Å². The molecule has 0 unspecified atom stereocenters. The maximum atomic E-state index is 12.1. The van der Waals surface area contributed by atoms with Crippen LogP contribution in [0.3, 0.4) is 0 Å². The Balaban J connectivity index is 1.77. The first-order chi connectivity index (χ1) is 10.3. The van der Waals surface area contributed by atoms with Crippen molar-refractivity contribution in [2.24, 2.45) is 5.10 Å². The van der Waals surface area contributed by atoms with Crippen molar-refractivity contribution < 1.29 is 4.79 Å². The Morgan fingerprint density at radius 1 is 1.14 bits per heavy atom. The minimum atomic E-state index is -0.240. The highest BCUT2D eigenvalue weighted by Gasteiger charge is 2.10. The molecule has 3 rings (SSSR count). The van der Waals surface area contributed by atoms with Gasteiger partial charge in [0.05, 0.1) is 11.8 Å². The topological polar surface area (TPSA) is 57.2 Å². The quantitative estimate of drug-likeness (QED) is 0.553. The number of hydrogen-bond acceptors (Lipinski definition) is 2. The molecule has 5 heteroatoms. The summed E-state index contributed by atoms with van der Waals surface area (Å²) < 4.78 is 0.926. The highest BCUT2D eigenvalue weighted by Crippen LogP contribution is 2.17. The molecule has 0 radical (unpaired) electrons. The molecule has 0 bridgehead atoms. The second-order valence-corrected chi connectivity index (χ2v) is 5.32. The van der Waals surface area contributed by atoms with Crippen LogP contribution in [0.1, 0.15) is 15.9 Å². The molecule has 1 heterocycles. The van der Waals surface area contributed by atoms with Crippen molar-refractivity contribution in [1.82, 2.24) is 10.4 Å². The van der Waals surface area contributed by atoms with E-state index in [2.05, 4.69) is 31.4 Å². The number of hydrogen-bond donors (Lipinski definition) is 2. The van der Waals surface area contributed by atoms with E-state index in [-0.39, 0.29) is 5.91 Å². The highest BCUT2D eigenvalue weighted by molar-refractivity contribution is 9.10. The third-order valence-electron chi connectivity index (χ3n) is 3.11. The summed E-state index contributed by atoms with van der Waals surface area (Å²) >= 11 is 3.43. The van der Waals surface area contributed by atoms with Gasteiger partial charge in [-0.25, -0.2) is 5.43 Å². The fourth-order valence-electron chi connectivity index (χ4n) is 2.06. The van der Waals surface area contributed by atoms with Gasteiger partial charge in [0, 0.05) is 27.1 Å². The molecule has 1 aromatic heterocycles. The number of carbonyl (C=O) groups is 1. The molecule has 0 aliphatic rings. The number of para-hydroxylation sites is 1. The zero-order valence-electron chi connectivity index (χ0n) is 11.0. The summed E-state index contributed by atoms with van der Waals surface area (Å²) in [4.78, 5) is 15.2. The van der Waals surface area contributed by atoms with Crippen LogP contribution in [-0.2, 0) is 0 Å². The molecule has 2 aromatic carbocycles. The third-order valence-corrected chi connectivity index (χ3v) is 3.83. The van der Waals surface area contributed by atoms with Crippen LogP contribution in [0.4, 0.5) is 0 Å². The average Bonchev–Trinajstić information content (AvgIpc) is 2.93. The van der Waals surface area contributed by atoms with E-state index in [1.807, 2.05) is 48.5 Å². The molecule has 0 aliphatic heterocycles. The third kappa shape index (κ3) is 2.87. The minimum absolute atomic E-state index is 0.240. The molecule has 0 saturated carbocycles. The number of hydrazone groups is 1. The Labute approximate surface area is 130 Å². The monoisotopic (exact) mass is 341 g/mol. The lowest BCUT2D eigenvalue weighted by atomic mass is 10.2. The standard InChI is InChI=1S/C16H12BrN3O/c17-14-7-3-1-5-11(14)9-19-20-16(21)13-10-18-15-8-4-2-6-12(13)15/h1-10,18H,(H,20,21)/b19-9+. The van der Waals surface area contributed by atoms with E-state index in [1.54, 1.807) is 12.4 Å². The first-order valence-electron chi connectivity index (χ1n) is 6.40. The van der Waals surface area contributed by atoms with Crippen molar-refractivity contribution in [3.63, 3.8) is 0 Å². The van der Waals surface area contributed by atoms with Crippen LogP contribution in [0.5, 0.6) is 0 Å². The molecule has 0 atom stereocenters. The Morgan fingerprint density at radius 3 is 2.76 bits per heavy atom. The van der Waals surface area contributed by atoms with Gasteiger partial charge in [0.1, 0.15) is 0 Å². The lowest BCUT2D eigenvalue weighted by Gasteiger charge is -1.99. The SMILES string of the molecule is O=C(N/N=C/c1ccccc1Br)c1c[nH]c2ccccc12. The van der Waals surface area contributed by atoms with Crippen LogP contribution in [0.15, 0.2) is 64.3 Å². The number of rotatable bonds is 3. The summed E-state index contributed by atoms with van der Waals surface area (Å²) in [5.41, 5.74) is 4.95. The maximum Gasteiger partial charge on any atom is 0.273 e. The van der Waals surface area contributed by atoms with Crippen molar-refractivity contribution in [2.45, 2.75) is 0 Å². The molecule has 0 saturated heterocycles. The number of carbonyl (C=O) groups excluding carboxylic acids is 1. The molecule has 0 spiro atoms. The van der Waals surface area contributed by atoms with Gasteiger partial charge in [-0.05, 0) is 12.1 Å². The number of nitrogens with one attached hydrogen (secondary N) is 2. The van der Waals surface area contributed by atoms with E-state index in [9.17, 15) is 4.79 Å². The zero-order chi connectivity index (χ0) is 14.7. The number of amides is 1. The molecule has 0 aliphatic carbocycles. The number of fused-ring (bicyclic) bond motifs is 1. The van der Waals surface area contributed by atoms with E-state index >= 15 is 0 Å². The summed E-state index contributed by atoms with van der Waals surface area (Å²) in [6, 6.07) is 15.3. The minimum Gasteiger partial charge on any atom is -0.360 e. The predicted octanol–water partition coefficient (Wildman–Crippen LogP) is 3.69. The van der Waals surface area contributed by atoms with Crippen molar-refractivity contribution in [3.05, 3.63) is 70.3 Å². The van der Waals surface area contributed by atoms with Crippen LogP contribution in [0.25, 0.3) is 10.9 Å². The van der Waals surface area contributed by atoms with Crippen LogP contribution in [0, 0.1) is 0 Å². The zero-order valence-corrected chi connectivity index (χ0v) is 12.6. The summed E-state index contributed by atoms with van der Waals surface area (Å²) in [5.74, 6) is -0.240. The molecular weight excluding hydrogens is 330 g/mol. The van der Waals surface area contributed by atoms with Crippen molar-refractivity contribution >= 4 is 39.0 Å². The number of nitrogens with zero attached hydrogens (tertiary/aromatic N) is 1. The largest absolute Gasteiger partial charge is 0.360 e. The van der Waals surface area contributed by atoms with Crippen LogP contribution in [0.2, 0.25) is 0 Å². The van der Waals surface area contributed by atoms with Gasteiger partial charge >= 0.3 is 0 Å². The molecule has 21 heavy (non-hydrogen) atoms. The van der Waals surface area contributed by atoms with Crippen molar-refractivity contribution in [3.8, 4) is 0 Å². The maximum absolute atomic E-state index is 12.1. The van der Waals surface area contributed by atoms with E-state index < -0.39 is 0 Å². The highest BCUT2D eigenvalue weighted by atomic mass is 79.9. The molecule has 3 aromatic rings. The van der Waals surface area contributed by atoms with Crippen LogP contribution in [-0.4, -0.2) is 17.1 Å². The first kappa shape index (κ1) is 13.6. The van der Waals surface area contributed by atoms with Crippen molar-refractivity contribution in [1.29, 1.82) is 0 Å². The van der Waals surface area contributed by atoms with Gasteiger partial charge in [-0.2, -0.15) is 5.10 Å². The van der Waals surface area contributed by atoms with Gasteiger partial charge in [-0.15, -0.1) is 0 Å². The number of H-pyrrole nitrogens is 1. The summed E-state index contributed by atoms with van der Waals surface area (Å²) in [6.07, 6.45) is 3.30. The lowest BCUT2D eigenvalue weighted by Crippen LogP contribution is -2.17.